The van der Waals surface area contributed by atoms with E-state index in [9.17, 15) is 4.79 Å². The molecule has 0 aliphatic rings. The Kier molecular flexibility index (Phi) is 6.64. The number of halogens is 2. The SMILES string of the molecule is O/N=C/c1sccc1Br.O=Cc1sccc1Br. The van der Waals surface area contributed by atoms with Crippen LogP contribution in [0, 0.1) is 0 Å². The van der Waals surface area contributed by atoms with Gasteiger partial charge >= 0.3 is 0 Å². The summed E-state index contributed by atoms with van der Waals surface area (Å²) in [5.41, 5.74) is 0. The van der Waals surface area contributed by atoms with E-state index in [0.717, 1.165) is 25.0 Å². The molecule has 0 aliphatic carbocycles. The molecule has 0 aliphatic heterocycles. The summed E-state index contributed by atoms with van der Waals surface area (Å²) in [7, 11) is 0. The number of thiophene rings is 2. The lowest BCUT2D eigenvalue weighted by atomic mass is 10.5. The summed E-state index contributed by atoms with van der Waals surface area (Å²) < 4.78 is 1.85. The predicted octanol–water partition coefficient (Wildman–Crippen LogP) is 4.64. The first-order valence-corrected chi connectivity index (χ1v) is 7.62. The molecule has 3 nitrogen and oxygen atoms in total. The van der Waals surface area contributed by atoms with E-state index in [-0.39, 0.29) is 0 Å². The van der Waals surface area contributed by atoms with Gasteiger partial charge in [0.25, 0.3) is 0 Å². The Bertz CT molecular complexity index is 508. The average molecular weight is 397 g/mol. The zero-order valence-electron chi connectivity index (χ0n) is 8.34. The summed E-state index contributed by atoms with van der Waals surface area (Å²) >= 11 is 9.43. The molecule has 0 spiro atoms. The van der Waals surface area contributed by atoms with Crippen molar-refractivity contribution in [1.82, 2.24) is 0 Å². The van der Waals surface area contributed by atoms with Gasteiger partial charge < -0.3 is 5.21 Å². The van der Waals surface area contributed by atoms with Crippen LogP contribution in [0.25, 0.3) is 0 Å². The van der Waals surface area contributed by atoms with Crippen LogP contribution >= 0.6 is 54.5 Å². The van der Waals surface area contributed by atoms with E-state index >= 15 is 0 Å². The Labute approximate surface area is 123 Å². The lowest BCUT2D eigenvalue weighted by Crippen LogP contribution is -1.71. The highest BCUT2D eigenvalue weighted by atomic mass is 79.9. The van der Waals surface area contributed by atoms with Crippen molar-refractivity contribution in [2.45, 2.75) is 0 Å². The summed E-state index contributed by atoms with van der Waals surface area (Å²) in [6.07, 6.45) is 2.24. The molecular weight excluding hydrogens is 390 g/mol. The van der Waals surface area contributed by atoms with Gasteiger partial charge in [-0.2, -0.15) is 0 Å². The van der Waals surface area contributed by atoms with Gasteiger partial charge in [-0.1, -0.05) is 5.16 Å². The van der Waals surface area contributed by atoms with Gasteiger partial charge in [-0.25, -0.2) is 0 Å². The molecule has 1 N–H and O–H groups in total. The maximum Gasteiger partial charge on any atom is 0.161 e. The fourth-order valence-electron chi connectivity index (χ4n) is 0.840. The molecule has 0 unspecified atom stereocenters. The van der Waals surface area contributed by atoms with E-state index in [1.54, 1.807) is 0 Å². The van der Waals surface area contributed by atoms with E-state index in [2.05, 4.69) is 37.0 Å². The Morgan fingerprint density at radius 1 is 1.12 bits per heavy atom. The van der Waals surface area contributed by atoms with E-state index in [1.165, 1.54) is 28.9 Å². The first kappa shape index (κ1) is 14.6. The van der Waals surface area contributed by atoms with Crippen LogP contribution < -0.4 is 0 Å². The van der Waals surface area contributed by atoms with Crippen molar-refractivity contribution in [3.05, 3.63) is 41.6 Å². The average Bonchev–Trinajstić information content (AvgIpc) is 2.90. The van der Waals surface area contributed by atoms with Crippen molar-refractivity contribution in [3.63, 3.8) is 0 Å². The van der Waals surface area contributed by atoms with Crippen molar-refractivity contribution < 1.29 is 10.0 Å². The molecule has 0 amide bonds. The standard InChI is InChI=1S/C5H4BrNOS.C5H3BrOS/c6-4-1-2-9-5(4)3-7-8;6-4-1-2-8-5(4)3-7/h1-3,8H;1-3H/b7-3+;. The van der Waals surface area contributed by atoms with Crippen molar-refractivity contribution in [2.24, 2.45) is 5.16 Å². The molecule has 0 saturated heterocycles. The molecule has 0 fully saturated rings. The fourth-order valence-corrected chi connectivity index (χ4v) is 3.44. The zero-order chi connectivity index (χ0) is 12.7. The lowest BCUT2D eigenvalue weighted by Gasteiger charge is -1.80. The Hall–Kier alpha value is -0.500. The molecule has 0 aromatic carbocycles. The largest absolute Gasteiger partial charge is 0.411 e. The van der Waals surface area contributed by atoms with Gasteiger partial charge in [0, 0.05) is 8.95 Å². The molecule has 2 heterocycles. The number of aldehydes is 1. The third-order valence-electron chi connectivity index (χ3n) is 1.57. The first-order valence-electron chi connectivity index (χ1n) is 4.27. The van der Waals surface area contributed by atoms with Crippen molar-refractivity contribution >= 4 is 67.0 Å². The normalized spacial score (nSPS) is 10.0. The van der Waals surface area contributed by atoms with Gasteiger partial charge in [-0.3, -0.25) is 4.79 Å². The van der Waals surface area contributed by atoms with E-state index in [4.69, 9.17) is 5.21 Å². The van der Waals surface area contributed by atoms with Gasteiger partial charge in [-0.15, -0.1) is 22.7 Å². The summed E-state index contributed by atoms with van der Waals surface area (Å²) in [5.74, 6) is 0. The number of nitrogens with zero attached hydrogens (tertiary/aromatic N) is 1. The third kappa shape index (κ3) is 4.71. The van der Waals surface area contributed by atoms with Crippen LogP contribution in [0.3, 0.4) is 0 Å². The van der Waals surface area contributed by atoms with Gasteiger partial charge in [0.1, 0.15) is 0 Å². The van der Waals surface area contributed by atoms with Crippen LogP contribution in [-0.2, 0) is 0 Å². The second-order valence-corrected chi connectivity index (χ2v) is 6.23. The Balaban J connectivity index is 0.000000171. The van der Waals surface area contributed by atoms with E-state index < -0.39 is 0 Å². The smallest absolute Gasteiger partial charge is 0.161 e. The molecule has 0 atom stereocenters. The minimum Gasteiger partial charge on any atom is -0.411 e. The van der Waals surface area contributed by atoms with Gasteiger partial charge in [0.15, 0.2) is 6.29 Å². The number of carbonyl (C=O) groups is 1. The monoisotopic (exact) mass is 395 g/mol. The second-order valence-electron chi connectivity index (χ2n) is 2.63. The second kappa shape index (κ2) is 7.75. The first-order chi connectivity index (χ1) is 8.19. The molecular formula is C10H7Br2NO2S2. The van der Waals surface area contributed by atoms with Crippen LogP contribution in [0.4, 0.5) is 0 Å². The number of carbonyl (C=O) groups excluding carboxylic acids is 1. The summed E-state index contributed by atoms with van der Waals surface area (Å²) in [4.78, 5) is 11.8. The number of oxime groups is 1. The summed E-state index contributed by atoms with van der Waals surface area (Å²) in [6.45, 7) is 0. The highest BCUT2D eigenvalue weighted by molar-refractivity contribution is 9.11. The molecule has 2 aromatic rings. The maximum absolute atomic E-state index is 10.1. The molecule has 90 valence electrons. The van der Waals surface area contributed by atoms with Gasteiger partial charge in [-0.05, 0) is 54.8 Å². The molecule has 0 saturated carbocycles. The lowest BCUT2D eigenvalue weighted by molar-refractivity contribution is 0.112. The Morgan fingerprint density at radius 3 is 1.94 bits per heavy atom. The topological polar surface area (TPSA) is 49.7 Å². The van der Waals surface area contributed by atoms with Crippen LogP contribution in [0.1, 0.15) is 14.5 Å². The molecule has 0 bridgehead atoms. The van der Waals surface area contributed by atoms with Crippen LogP contribution in [0.5, 0.6) is 0 Å². The molecule has 2 rings (SSSR count). The van der Waals surface area contributed by atoms with E-state index in [1.807, 2.05) is 22.9 Å². The van der Waals surface area contributed by atoms with E-state index in [0.29, 0.717) is 0 Å². The van der Waals surface area contributed by atoms with Crippen LogP contribution in [0.2, 0.25) is 0 Å². The molecule has 0 radical (unpaired) electrons. The molecule has 2 aromatic heterocycles. The van der Waals surface area contributed by atoms with Crippen LogP contribution in [0.15, 0.2) is 37.0 Å². The predicted molar refractivity (Wildman–Crippen MR) is 78.8 cm³/mol. The maximum atomic E-state index is 10.1. The molecule has 7 heteroatoms. The minimum atomic E-state index is 0.755. The summed E-state index contributed by atoms with van der Waals surface area (Å²) in [6, 6.07) is 3.76. The number of hydrogen-bond donors (Lipinski definition) is 1. The van der Waals surface area contributed by atoms with Crippen LogP contribution in [-0.4, -0.2) is 17.7 Å². The quantitative estimate of drug-likeness (QED) is 0.348. The molecule has 17 heavy (non-hydrogen) atoms. The van der Waals surface area contributed by atoms with Gasteiger partial charge in [0.05, 0.1) is 16.0 Å². The number of rotatable bonds is 2. The van der Waals surface area contributed by atoms with Crippen molar-refractivity contribution in [3.8, 4) is 0 Å². The van der Waals surface area contributed by atoms with Crippen molar-refractivity contribution in [1.29, 1.82) is 0 Å². The van der Waals surface area contributed by atoms with Crippen molar-refractivity contribution in [2.75, 3.05) is 0 Å². The minimum absolute atomic E-state index is 0.755. The summed E-state index contributed by atoms with van der Waals surface area (Å²) in [5, 5.41) is 14.8. The highest BCUT2D eigenvalue weighted by Crippen LogP contribution is 2.20. The highest BCUT2D eigenvalue weighted by Gasteiger charge is 1.95. The fraction of sp³-hybridized carbons (Fsp3) is 0. The zero-order valence-corrected chi connectivity index (χ0v) is 13.1. The third-order valence-corrected chi connectivity index (χ3v) is 5.17. The Morgan fingerprint density at radius 2 is 1.65 bits per heavy atom. The number of hydrogen-bond acceptors (Lipinski definition) is 5. The van der Waals surface area contributed by atoms with Gasteiger partial charge in [0.2, 0.25) is 0 Å².